The van der Waals surface area contributed by atoms with Crippen LogP contribution in [-0.4, -0.2) is 32.1 Å². The molecule has 0 fully saturated rings. The van der Waals surface area contributed by atoms with Crippen molar-refractivity contribution in [3.8, 4) is 17.5 Å². The van der Waals surface area contributed by atoms with E-state index in [0.29, 0.717) is 41.2 Å². The van der Waals surface area contributed by atoms with Crippen LogP contribution in [-0.2, 0) is 19.9 Å². The van der Waals surface area contributed by atoms with E-state index in [1.807, 2.05) is 6.92 Å². The summed E-state index contributed by atoms with van der Waals surface area (Å²) in [5.74, 6) is 0.216. The highest BCUT2D eigenvalue weighted by atomic mass is 16.1. The summed E-state index contributed by atoms with van der Waals surface area (Å²) in [5, 5.41) is 13.6. The Balaban J connectivity index is 2.09. The van der Waals surface area contributed by atoms with Crippen LogP contribution in [0.4, 0.5) is 0 Å². The van der Waals surface area contributed by atoms with E-state index in [1.54, 1.807) is 48.4 Å². The van der Waals surface area contributed by atoms with Crippen molar-refractivity contribution in [3.63, 3.8) is 0 Å². The average molecular weight is 360 g/mol. The van der Waals surface area contributed by atoms with Crippen molar-refractivity contribution in [2.45, 2.75) is 19.8 Å². The van der Waals surface area contributed by atoms with E-state index in [9.17, 15) is 10.1 Å². The fourth-order valence-corrected chi connectivity index (χ4v) is 2.84. The standard InChI is InChI=1S/C20H20N6O/c1-3-15-9-18(26(2)25-15)19(27)17-8-13(10-22)4-5-16(17)20-23-11-14(6-7-21)12-24-20/h4-5,8-9,11-12H,3,6-7,21H2,1-2H3. The van der Waals surface area contributed by atoms with E-state index in [4.69, 9.17) is 5.73 Å². The molecular formula is C20H20N6O. The molecule has 0 radical (unpaired) electrons. The molecule has 0 saturated carbocycles. The molecule has 7 heteroatoms. The third-order valence-electron chi connectivity index (χ3n) is 4.30. The minimum absolute atomic E-state index is 0.216. The molecule has 2 aromatic heterocycles. The number of carbonyl (C=O) groups excluding carboxylic acids is 1. The summed E-state index contributed by atoms with van der Waals surface area (Å²) in [7, 11) is 1.73. The molecule has 2 heterocycles. The van der Waals surface area contributed by atoms with Crippen LogP contribution in [0.5, 0.6) is 0 Å². The molecule has 0 unspecified atom stereocenters. The van der Waals surface area contributed by atoms with E-state index < -0.39 is 0 Å². The van der Waals surface area contributed by atoms with Crippen molar-refractivity contribution in [1.29, 1.82) is 5.26 Å². The van der Waals surface area contributed by atoms with Gasteiger partial charge in [-0.3, -0.25) is 9.48 Å². The van der Waals surface area contributed by atoms with Gasteiger partial charge in [0.25, 0.3) is 0 Å². The Kier molecular flexibility index (Phi) is 5.38. The smallest absolute Gasteiger partial charge is 0.211 e. The highest BCUT2D eigenvalue weighted by Gasteiger charge is 2.21. The minimum Gasteiger partial charge on any atom is -0.330 e. The van der Waals surface area contributed by atoms with Gasteiger partial charge in [-0.25, -0.2) is 9.97 Å². The monoisotopic (exact) mass is 360 g/mol. The maximum Gasteiger partial charge on any atom is 0.211 e. The molecule has 7 nitrogen and oxygen atoms in total. The maximum atomic E-state index is 13.2. The molecule has 1 aromatic carbocycles. The molecule has 3 rings (SSSR count). The second kappa shape index (κ2) is 7.89. The molecule has 0 saturated heterocycles. The third-order valence-corrected chi connectivity index (χ3v) is 4.30. The zero-order valence-corrected chi connectivity index (χ0v) is 15.3. The van der Waals surface area contributed by atoms with Crippen molar-refractivity contribution in [1.82, 2.24) is 19.7 Å². The average Bonchev–Trinajstić information content (AvgIpc) is 3.08. The lowest BCUT2D eigenvalue weighted by atomic mass is 9.98. The van der Waals surface area contributed by atoms with Crippen LogP contribution >= 0.6 is 0 Å². The summed E-state index contributed by atoms with van der Waals surface area (Å²) in [6, 6.07) is 8.80. The molecule has 2 N–H and O–H groups in total. The lowest BCUT2D eigenvalue weighted by molar-refractivity contribution is 0.103. The van der Waals surface area contributed by atoms with Gasteiger partial charge in [-0.2, -0.15) is 10.4 Å². The number of benzene rings is 1. The van der Waals surface area contributed by atoms with Gasteiger partial charge in [-0.05, 0) is 49.2 Å². The third kappa shape index (κ3) is 3.76. The van der Waals surface area contributed by atoms with Crippen molar-refractivity contribution in [2.75, 3.05) is 6.54 Å². The summed E-state index contributed by atoms with van der Waals surface area (Å²) in [6.45, 7) is 2.50. The van der Waals surface area contributed by atoms with Crippen LogP contribution < -0.4 is 5.73 Å². The molecule has 0 amide bonds. The van der Waals surface area contributed by atoms with Crippen LogP contribution in [0, 0.1) is 11.3 Å². The van der Waals surface area contributed by atoms with E-state index >= 15 is 0 Å². The summed E-state index contributed by atoms with van der Waals surface area (Å²) in [5.41, 5.74) is 9.15. The van der Waals surface area contributed by atoms with Gasteiger partial charge in [0, 0.05) is 30.6 Å². The fourth-order valence-electron chi connectivity index (χ4n) is 2.84. The normalized spacial score (nSPS) is 10.6. The first-order valence-electron chi connectivity index (χ1n) is 8.70. The Morgan fingerprint density at radius 3 is 2.59 bits per heavy atom. The quantitative estimate of drug-likeness (QED) is 0.674. The van der Waals surface area contributed by atoms with Crippen molar-refractivity contribution in [2.24, 2.45) is 12.8 Å². The predicted molar refractivity (Wildman–Crippen MR) is 101 cm³/mol. The molecule has 0 aliphatic heterocycles. The van der Waals surface area contributed by atoms with Gasteiger partial charge in [0.1, 0.15) is 5.69 Å². The molecular weight excluding hydrogens is 340 g/mol. The lowest BCUT2D eigenvalue weighted by Crippen LogP contribution is -2.11. The van der Waals surface area contributed by atoms with Gasteiger partial charge in [-0.15, -0.1) is 0 Å². The molecule has 0 aliphatic rings. The number of nitrogens with zero attached hydrogens (tertiary/aromatic N) is 5. The van der Waals surface area contributed by atoms with E-state index in [1.165, 1.54) is 0 Å². The lowest BCUT2D eigenvalue weighted by Gasteiger charge is -2.09. The first-order valence-corrected chi connectivity index (χ1v) is 8.70. The molecule has 136 valence electrons. The first-order chi connectivity index (χ1) is 13.1. The first kappa shape index (κ1) is 18.4. The summed E-state index contributed by atoms with van der Waals surface area (Å²) < 4.78 is 1.56. The SMILES string of the molecule is CCc1cc(C(=O)c2cc(C#N)ccc2-c2ncc(CCN)cn2)n(C)n1. The molecule has 0 spiro atoms. The Morgan fingerprint density at radius 1 is 1.26 bits per heavy atom. The molecule has 0 bridgehead atoms. The summed E-state index contributed by atoms with van der Waals surface area (Å²) in [6.07, 6.45) is 4.84. The van der Waals surface area contributed by atoms with Gasteiger partial charge < -0.3 is 5.73 Å². The highest BCUT2D eigenvalue weighted by molar-refractivity contribution is 6.11. The van der Waals surface area contributed by atoms with Crippen LogP contribution in [0.2, 0.25) is 0 Å². The number of ketones is 1. The number of aromatic nitrogens is 4. The van der Waals surface area contributed by atoms with Crippen LogP contribution in [0.1, 0.15) is 39.8 Å². The second-order valence-electron chi connectivity index (χ2n) is 6.15. The Hall–Kier alpha value is -3.37. The molecule has 0 atom stereocenters. The van der Waals surface area contributed by atoms with Crippen LogP contribution in [0.25, 0.3) is 11.4 Å². The summed E-state index contributed by atoms with van der Waals surface area (Å²) in [4.78, 5) is 21.9. The Bertz CT molecular complexity index is 1010. The number of rotatable bonds is 6. The molecule has 3 aromatic rings. The largest absolute Gasteiger partial charge is 0.330 e. The zero-order valence-electron chi connectivity index (χ0n) is 15.3. The Morgan fingerprint density at radius 2 is 2.00 bits per heavy atom. The van der Waals surface area contributed by atoms with Gasteiger partial charge >= 0.3 is 0 Å². The van der Waals surface area contributed by atoms with Crippen LogP contribution in [0.3, 0.4) is 0 Å². The van der Waals surface area contributed by atoms with Gasteiger partial charge in [0.15, 0.2) is 5.82 Å². The minimum atomic E-state index is -0.216. The molecule has 27 heavy (non-hydrogen) atoms. The van der Waals surface area contributed by atoms with Crippen molar-refractivity contribution >= 4 is 5.78 Å². The van der Waals surface area contributed by atoms with Gasteiger partial charge in [0.2, 0.25) is 5.78 Å². The number of nitrogens with two attached hydrogens (primary N) is 1. The highest BCUT2D eigenvalue weighted by Crippen LogP contribution is 2.24. The summed E-state index contributed by atoms with van der Waals surface area (Å²) >= 11 is 0. The molecule has 0 aliphatic carbocycles. The predicted octanol–water partition coefficient (Wildman–Crippen LogP) is 2.04. The van der Waals surface area contributed by atoms with Crippen LogP contribution in [0.15, 0.2) is 36.7 Å². The number of carbonyl (C=O) groups is 1. The van der Waals surface area contributed by atoms with Gasteiger partial charge in [-0.1, -0.05) is 6.92 Å². The van der Waals surface area contributed by atoms with Crippen molar-refractivity contribution in [3.05, 3.63) is 64.7 Å². The zero-order chi connectivity index (χ0) is 19.4. The van der Waals surface area contributed by atoms with E-state index in [-0.39, 0.29) is 5.78 Å². The topological polar surface area (TPSA) is 110 Å². The van der Waals surface area contributed by atoms with E-state index in [2.05, 4.69) is 21.1 Å². The van der Waals surface area contributed by atoms with Crippen molar-refractivity contribution < 1.29 is 4.79 Å². The number of hydrogen-bond acceptors (Lipinski definition) is 6. The second-order valence-corrected chi connectivity index (χ2v) is 6.15. The van der Waals surface area contributed by atoms with E-state index in [0.717, 1.165) is 17.7 Å². The fraction of sp³-hybridized carbons (Fsp3) is 0.250. The Labute approximate surface area is 157 Å². The number of hydrogen-bond donors (Lipinski definition) is 1. The van der Waals surface area contributed by atoms with Gasteiger partial charge in [0.05, 0.1) is 17.3 Å². The number of nitriles is 1. The maximum absolute atomic E-state index is 13.2. The number of aryl methyl sites for hydroxylation is 2.